The number of halogens is 3. The Balaban J connectivity index is 2.07. The van der Waals surface area contributed by atoms with Crippen LogP contribution in [0.4, 0.5) is 13.2 Å². The second-order valence-electron chi connectivity index (χ2n) is 4.63. The minimum absolute atomic E-state index is 0.0346. The third kappa shape index (κ3) is 4.80. The normalized spacial score (nSPS) is 11.2. The van der Waals surface area contributed by atoms with Crippen molar-refractivity contribution in [2.24, 2.45) is 0 Å². The van der Waals surface area contributed by atoms with Crippen LogP contribution in [0.5, 0.6) is 5.88 Å². The van der Waals surface area contributed by atoms with E-state index >= 15 is 0 Å². The third-order valence-electron chi connectivity index (χ3n) is 2.82. The summed E-state index contributed by atoms with van der Waals surface area (Å²) in [6, 6.07) is 3.86. The zero-order chi connectivity index (χ0) is 17.7. The average Bonchev–Trinajstić information content (AvgIpc) is 2.54. The maximum atomic E-state index is 12.0. The largest absolute Gasteiger partial charge is 0.468 e. The van der Waals surface area contributed by atoms with Crippen LogP contribution in [0.25, 0.3) is 0 Å². The van der Waals surface area contributed by atoms with Gasteiger partial charge in [-0.3, -0.25) is 14.3 Å². The SMILES string of the molecule is COC(=O)c1ccc(Cn2cnc(OCC(F)(F)F)cc2=O)nc1. The topological polar surface area (TPSA) is 83.3 Å². The molecule has 0 atom stereocenters. The van der Waals surface area contributed by atoms with Crippen molar-refractivity contribution in [2.45, 2.75) is 12.7 Å². The second kappa shape index (κ2) is 7.11. The minimum atomic E-state index is -4.51. The fourth-order valence-corrected chi connectivity index (χ4v) is 1.69. The zero-order valence-corrected chi connectivity index (χ0v) is 12.4. The molecule has 2 rings (SSSR count). The first-order valence-corrected chi connectivity index (χ1v) is 6.58. The number of aromatic nitrogens is 3. The molecule has 0 aliphatic heterocycles. The van der Waals surface area contributed by atoms with E-state index in [1.807, 2.05) is 0 Å². The Kier molecular flexibility index (Phi) is 5.17. The summed E-state index contributed by atoms with van der Waals surface area (Å²) in [5.74, 6) is -0.957. The van der Waals surface area contributed by atoms with E-state index in [4.69, 9.17) is 0 Å². The lowest BCUT2D eigenvalue weighted by Gasteiger charge is -2.09. The maximum Gasteiger partial charge on any atom is 0.422 e. The van der Waals surface area contributed by atoms with Gasteiger partial charge >= 0.3 is 12.1 Å². The van der Waals surface area contributed by atoms with Gasteiger partial charge in [0.2, 0.25) is 5.88 Å². The van der Waals surface area contributed by atoms with Crippen LogP contribution in [-0.4, -0.2) is 40.4 Å². The number of carbonyl (C=O) groups excluding carboxylic acids is 1. The van der Waals surface area contributed by atoms with Crippen LogP contribution >= 0.6 is 0 Å². The molecular formula is C14H12F3N3O4. The second-order valence-corrected chi connectivity index (χ2v) is 4.63. The number of hydrogen-bond donors (Lipinski definition) is 0. The third-order valence-corrected chi connectivity index (χ3v) is 2.82. The van der Waals surface area contributed by atoms with Crippen molar-refractivity contribution >= 4 is 5.97 Å². The van der Waals surface area contributed by atoms with Crippen LogP contribution in [0.15, 0.2) is 35.5 Å². The van der Waals surface area contributed by atoms with Crippen molar-refractivity contribution in [2.75, 3.05) is 13.7 Å². The molecule has 10 heteroatoms. The number of alkyl halides is 3. The Morgan fingerprint density at radius 3 is 2.58 bits per heavy atom. The maximum absolute atomic E-state index is 12.0. The lowest BCUT2D eigenvalue weighted by atomic mass is 10.2. The van der Waals surface area contributed by atoms with E-state index in [0.29, 0.717) is 5.69 Å². The molecular weight excluding hydrogens is 331 g/mol. The molecule has 2 aromatic rings. The Hall–Kier alpha value is -2.91. The molecule has 2 heterocycles. The molecule has 0 N–H and O–H groups in total. The minimum Gasteiger partial charge on any atom is -0.468 e. The molecule has 2 aromatic heterocycles. The first kappa shape index (κ1) is 17.4. The quantitative estimate of drug-likeness (QED) is 0.764. The van der Waals surface area contributed by atoms with Crippen molar-refractivity contribution < 1.29 is 27.4 Å². The molecule has 0 saturated heterocycles. The molecule has 0 aliphatic carbocycles. The lowest BCUT2D eigenvalue weighted by molar-refractivity contribution is -0.154. The van der Waals surface area contributed by atoms with Crippen molar-refractivity contribution in [3.63, 3.8) is 0 Å². The monoisotopic (exact) mass is 343 g/mol. The molecule has 0 radical (unpaired) electrons. The molecule has 0 aromatic carbocycles. The van der Waals surface area contributed by atoms with E-state index in [1.165, 1.54) is 25.4 Å². The van der Waals surface area contributed by atoms with Gasteiger partial charge in [0.05, 0.1) is 31.0 Å². The van der Waals surface area contributed by atoms with Crippen molar-refractivity contribution in [3.8, 4) is 5.88 Å². The van der Waals surface area contributed by atoms with E-state index in [2.05, 4.69) is 19.4 Å². The van der Waals surface area contributed by atoms with Gasteiger partial charge in [0, 0.05) is 6.20 Å². The first-order valence-electron chi connectivity index (χ1n) is 6.58. The highest BCUT2D eigenvalue weighted by molar-refractivity contribution is 5.88. The molecule has 0 amide bonds. The fourth-order valence-electron chi connectivity index (χ4n) is 1.69. The van der Waals surface area contributed by atoms with Gasteiger partial charge in [-0.15, -0.1) is 0 Å². The summed E-state index contributed by atoms with van der Waals surface area (Å²) in [7, 11) is 1.24. The van der Waals surface area contributed by atoms with Gasteiger partial charge < -0.3 is 9.47 Å². The van der Waals surface area contributed by atoms with Gasteiger partial charge in [0.1, 0.15) is 6.33 Å². The molecule has 0 unspecified atom stereocenters. The first-order chi connectivity index (χ1) is 11.3. The summed E-state index contributed by atoms with van der Waals surface area (Å²) in [6.45, 7) is -1.49. The van der Waals surface area contributed by atoms with Crippen LogP contribution in [0.2, 0.25) is 0 Å². The van der Waals surface area contributed by atoms with E-state index in [-0.39, 0.29) is 12.1 Å². The Morgan fingerprint density at radius 1 is 1.29 bits per heavy atom. The van der Waals surface area contributed by atoms with E-state index in [1.54, 1.807) is 0 Å². The standard InChI is InChI=1S/C14H12F3N3O4/c1-23-13(22)9-2-3-10(18-5-9)6-20-8-19-11(4-12(20)21)24-7-14(15,16)17/h2-5,8H,6-7H2,1H3. The van der Waals surface area contributed by atoms with Gasteiger partial charge in [-0.05, 0) is 12.1 Å². The Bertz CT molecular complexity index is 772. The summed E-state index contributed by atoms with van der Waals surface area (Å²) in [5.41, 5.74) is 0.110. The summed E-state index contributed by atoms with van der Waals surface area (Å²) in [5, 5.41) is 0. The van der Waals surface area contributed by atoms with E-state index in [9.17, 15) is 22.8 Å². The number of nitrogens with zero attached hydrogens (tertiary/aromatic N) is 3. The van der Waals surface area contributed by atoms with Crippen LogP contribution < -0.4 is 10.3 Å². The van der Waals surface area contributed by atoms with Gasteiger partial charge in [-0.25, -0.2) is 9.78 Å². The van der Waals surface area contributed by atoms with Crippen molar-refractivity contribution in [3.05, 3.63) is 52.3 Å². The summed E-state index contributed by atoms with van der Waals surface area (Å²) in [6.07, 6.45) is -2.16. The number of pyridine rings is 1. The molecule has 0 fully saturated rings. The molecule has 128 valence electrons. The van der Waals surface area contributed by atoms with Crippen LogP contribution in [0.1, 0.15) is 16.1 Å². The van der Waals surface area contributed by atoms with Gasteiger partial charge in [0.15, 0.2) is 6.61 Å². The van der Waals surface area contributed by atoms with Crippen LogP contribution in [0, 0.1) is 0 Å². The van der Waals surface area contributed by atoms with Gasteiger partial charge in [-0.2, -0.15) is 13.2 Å². The number of ether oxygens (including phenoxy) is 2. The Morgan fingerprint density at radius 2 is 2.04 bits per heavy atom. The predicted molar refractivity (Wildman–Crippen MR) is 74.7 cm³/mol. The molecule has 0 bridgehead atoms. The fraction of sp³-hybridized carbons (Fsp3) is 0.286. The molecule has 0 saturated carbocycles. The number of hydrogen-bond acceptors (Lipinski definition) is 6. The molecule has 0 spiro atoms. The molecule has 0 aliphatic rings. The van der Waals surface area contributed by atoms with E-state index < -0.39 is 30.2 Å². The number of carbonyl (C=O) groups is 1. The lowest BCUT2D eigenvalue weighted by Crippen LogP contribution is -2.23. The predicted octanol–water partition coefficient (Wildman–Crippen LogP) is 1.41. The number of esters is 1. The van der Waals surface area contributed by atoms with Crippen molar-refractivity contribution in [1.82, 2.24) is 14.5 Å². The highest BCUT2D eigenvalue weighted by Crippen LogP contribution is 2.15. The number of methoxy groups -OCH3 is 1. The van der Waals surface area contributed by atoms with Crippen LogP contribution in [-0.2, 0) is 11.3 Å². The zero-order valence-electron chi connectivity index (χ0n) is 12.4. The molecule has 24 heavy (non-hydrogen) atoms. The van der Waals surface area contributed by atoms with Gasteiger partial charge in [-0.1, -0.05) is 0 Å². The highest BCUT2D eigenvalue weighted by Gasteiger charge is 2.28. The summed E-state index contributed by atoms with van der Waals surface area (Å²) in [4.78, 5) is 30.8. The number of rotatable bonds is 5. The van der Waals surface area contributed by atoms with Crippen molar-refractivity contribution in [1.29, 1.82) is 0 Å². The van der Waals surface area contributed by atoms with Crippen LogP contribution in [0.3, 0.4) is 0 Å². The smallest absolute Gasteiger partial charge is 0.422 e. The Labute approximate surface area is 133 Å². The molecule has 7 nitrogen and oxygen atoms in total. The average molecular weight is 343 g/mol. The summed E-state index contributed by atoms with van der Waals surface area (Å²) < 4.78 is 46.2. The summed E-state index contributed by atoms with van der Waals surface area (Å²) >= 11 is 0. The van der Waals surface area contributed by atoms with E-state index in [0.717, 1.165) is 17.0 Å². The van der Waals surface area contributed by atoms with Gasteiger partial charge in [0.25, 0.3) is 5.56 Å². The highest BCUT2D eigenvalue weighted by atomic mass is 19.4.